The van der Waals surface area contributed by atoms with Gasteiger partial charge < -0.3 is 30.0 Å². The SMILES string of the molecule is CNc1cc(F)c(F)c2c1[nH]c1ncc(-c3cnc4c(c3)c(=O)c(C(=O)O)cn4C)c(N3CC4CCN(CCO)C4C3)c12. The Morgan fingerprint density at radius 3 is 2.74 bits per heavy atom. The summed E-state index contributed by atoms with van der Waals surface area (Å²) < 4.78 is 32.1. The highest BCUT2D eigenvalue weighted by molar-refractivity contribution is 6.18. The van der Waals surface area contributed by atoms with Crippen molar-refractivity contribution in [3.8, 4) is 11.1 Å². The lowest BCUT2D eigenvalue weighted by molar-refractivity contribution is 0.0695. The number of aliphatic hydroxyl groups excluding tert-OH is 1. The summed E-state index contributed by atoms with van der Waals surface area (Å²) >= 11 is 0. The van der Waals surface area contributed by atoms with Crippen molar-refractivity contribution in [3.63, 3.8) is 0 Å². The second kappa shape index (κ2) is 9.99. The van der Waals surface area contributed by atoms with Gasteiger partial charge in [0.15, 0.2) is 11.6 Å². The van der Waals surface area contributed by atoms with Crippen molar-refractivity contribution >= 4 is 50.3 Å². The molecule has 43 heavy (non-hydrogen) atoms. The number of aryl methyl sites for hydroxylation is 1. The fourth-order valence-electron chi connectivity index (χ4n) is 6.98. The Morgan fingerprint density at radius 2 is 2.00 bits per heavy atom. The van der Waals surface area contributed by atoms with Gasteiger partial charge in [-0.1, -0.05) is 0 Å². The Balaban J connectivity index is 1.52. The lowest BCUT2D eigenvalue weighted by Gasteiger charge is -2.27. The zero-order chi connectivity index (χ0) is 30.2. The second-order valence-corrected chi connectivity index (χ2v) is 11.3. The number of likely N-dealkylation sites (tertiary alicyclic amines) is 1. The molecule has 4 aromatic heterocycles. The molecular weight excluding hydrogens is 560 g/mol. The Labute approximate surface area is 243 Å². The number of fused-ring (bicyclic) bond motifs is 5. The number of carboxylic acids is 1. The Kier molecular flexibility index (Phi) is 6.32. The van der Waals surface area contributed by atoms with Gasteiger partial charge in [-0.2, -0.15) is 0 Å². The van der Waals surface area contributed by atoms with Crippen LogP contribution in [0.4, 0.5) is 20.2 Å². The minimum atomic E-state index is -1.34. The third kappa shape index (κ3) is 4.06. The molecule has 2 aliphatic rings. The second-order valence-electron chi connectivity index (χ2n) is 11.3. The first-order valence-corrected chi connectivity index (χ1v) is 14.0. The Hall–Kier alpha value is -4.62. The van der Waals surface area contributed by atoms with E-state index in [1.807, 2.05) is 0 Å². The van der Waals surface area contributed by atoms with E-state index in [1.165, 1.54) is 10.8 Å². The molecule has 0 aliphatic carbocycles. The van der Waals surface area contributed by atoms with Crippen LogP contribution in [0.3, 0.4) is 0 Å². The maximum atomic E-state index is 15.7. The highest BCUT2D eigenvalue weighted by Gasteiger charge is 2.42. The van der Waals surface area contributed by atoms with Gasteiger partial charge in [-0.15, -0.1) is 0 Å². The van der Waals surface area contributed by atoms with Crippen molar-refractivity contribution in [3.05, 3.63) is 58.1 Å². The minimum Gasteiger partial charge on any atom is -0.477 e. The molecule has 2 aliphatic heterocycles. The first-order valence-electron chi connectivity index (χ1n) is 14.0. The molecule has 1 aromatic carbocycles. The van der Waals surface area contributed by atoms with Crippen LogP contribution in [-0.4, -0.2) is 86.5 Å². The molecule has 2 fully saturated rings. The monoisotopic (exact) mass is 589 g/mol. The van der Waals surface area contributed by atoms with Crippen LogP contribution >= 0.6 is 0 Å². The number of benzene rings is 1. The number of carbonyl (C=O) groups is 1. The Bertz CT molecular complexity index is 2020. The molecule has 13 heteroatoms. The molecule has 6 heterocycles. The zero-order valence-electron chi connectivity index (χ0n) is 23.5. The standard InChI is InChI=1S/C30H29F2N7O4/c1-33-20-8-19(31)24(32)22-23-26(39-11-14-3-4-38(5-6-40)21(14)13-39)17(10-34-28(23)36-25(20)22)15-7-16-27(41)18(30(42)43)12-37(2)29(16)35-9-15/h7-10,12,14,21,33,40H,3-6,11,13H2,1-2H3,(H,34,36)(H,42,43). The van der Waals surface area contributed by atoms with E-state index in [0.717, 1.165) is 19.0 Å². The molecular formula is C30H29F2N7O4. The van der Waals surface area contributed by atoms with Crippen molar-refractivity contribution in [2.24, 2.45) is 13.0 Å². The number of carboxylic acid groups (broad SMARTS) is 1. The first kappa shape index (κ1) is 27.2. The topological polar surface area (TPSA) is 140 Å². The van der Waals surface area contributed by atoms with E-state index in [-0.39, 0.29) is 29.0 Å². The van der Waals surface area contributed by atoms with Crippen LogP contribution in [0.5, 0.6) is 0 Å². The number of aliphatic hydroxyl groups is 1. The summed E-state index contributed by atoms with van der Waals surface area (Å²) in [7, 11) is 3.24. The first-order chi connectivity index (χ1) is 20.7. The number of hydrogen-bond donors (Lipinski definition) is 4. The Morgan fingerprint density at radius 1 is 1.19 bits per heavy atom. The molecule has 11 nitrogen and oxygen atoms in total. The third-order valence-electron chi connectivity index (χ3n) is 8.95. The van der Waals surface area contributed by atoms with Gasteiger partial charge >= 0.3 is 5.97 Å². The summed E-state index contributed by atoms with van der Waals surface area (Å²) in [5, 5.41) is 22.7. The average Bonchev–Trinajstić information content (AvgIpc) is 3.70. The fourth-order valence-corrected chi connectivity index (χ4v) is 6.98. The highest BCUT2D eigenvalue weighted by Crippen LogP contribution is 2.46. The molecule has 2 unspecified atom stereocenters. The number of pyridine rings is 3. The molecule has 0 saturated carbocycles. The zero-order valence-corrected chi connectivity index (χ0v) is 23.5. The molecule has 2 saturated heterocycles. The smallest absolute Gasteiger partial charge is 0.341 e. The maximum absolute atomic E-state index is 15.7. The van der Waals surface area contributed by atoms with Gasteiger partial charge in [0.2, 0.25) is 5.43 Å². The van der Waals surface area contributed by atoms with Crippen molar-refractivity contribution in [1.82, 2.24) is 24.4 Å². The van der Waals surface area contributed by atoms with Crippen LogP contribution < -0.4 is 15.6 Å². The van der Waals surface area contributed by atoms with Crippen molar-refractivity contribution in [2.75, 3.05) is 50.1 Å². The van der Waals surface area contributed by atoms with E-state index >= 15 is 4.39 Å². The van der Waals surface area contributed by atoms with E-state index in [1.54, 1.807) is 32.6 Å². The van der Waals surface area contributed by atoms with Crippen LogP contribution in [-0.2, 0) is 7.05 Å². The predicted octanol–water partition coefficient (Wildman–Crippen LogP) is 3.15. The molecule has 2 atom stereocenters. The van der Waals surface area contributed by atoms with Gasteiger partial charge in [0.25, 0.3) is 0 Å². The molecule has 222 valence electrons. The van der Waals surface area contributed by atoms with Gasteiger partial charge in [-0.25, -0.2) is 23.5 Å². The van der Waals surface area contributed by atoms with E-state index < -0.39 is 23.0 Å². The number of halogens is 2. The molecule has 7 rings (SSSR count). The molecule has 0 amide bonds. The normalized spacial score (nSPS) is 18.8. The van der Waals surface area contributed by atoms with Gasteiger partial charge in [0.1, 0.15) is 16.9 Å². The minimum absolute atomic E-state index is 0.0454. The summed E-state index contributed by atoms with van der Waals surface area (Å²) in [5.41, 5.74) is 2.04. The number of rotatable bonds is 6. The maximum Gasteiger partial charge on any atom is 0.341 e. The molecule has 5 aromatic rings. The molecule has 4 N–H and O–H groups in total. The molecule has 0 radical (unpaired) electrons. The van der Waals surface area contributed by atoms with Gasteiger partial charge in [0.05, 0.1) is 39.7 Å². The van der Waals surface area contributed by atoms with Gasteiger partial charge in [-0.3, -0.25) is 9.69 Å². The largest absolute Gasteiger partial charge is 0.477 e. The number of β-amino-alcohol motifs (C(OH)–C–C–N with tert-alkyl or cyclic N) is 1. The van der Waals surface area contributed by atoms with E-state index in [0.29, 0.717) is 70.3 Å². The lowest BCUT2D eigenvalue weighted by atomic mass is 10.0. The van der Waals surface area contributed by atoms with Gasteiger partial charge in [0, 0.05) is 75.6 Å². The summed E-state index contributed by atoms with van der Waals surface area (Å²) in [6, 6.07) is 2.86. The van der Waals surface area contributed by atoms with E-state index in [9.17, 15) is 24.2 Å². The molecule has 0 spiro atoms. The van der Waals surface area contributed by atoms with Crippen molar-refractivity contribution in [2.45, 2.75) is 12.5 Å². The number of anilines is 2. The van der Waals surface area contributed by atoms with Crippen LogP contribution in [0.25, 0.3) is 44.1 Å². The lowest BCUT2D eigenvalue weighted by Crippen LogP contribution is -2.37. The third-order valence-corrected chi connectivity index (χ3v) is 8.95. The number of aromatic amines is 1. The number of hydrogen-bond acceptors (Lipinski definition) is 8. The fraction of sp³-hybridized carbons (Fsp3) is 0.333. The van der Waals surface area contributed by atoms with Gasteiger partial charge in [-0.05, 0) is 24.9 Å². The van der Waals surface area contributed by atoms with Crippen molar-refractivity contribution < 1.29 is 23.8 Å². The number of aromatic carboxylic acids is 1. The van der Waals surface area contributed by atoms with E-state index in [2.05, 4.69) is 30.1 Å². The number of nitrogens with one attached hydrogen (secondary N) is 2. The summed E-state index contributed by atoms with van der Waals surface area (Å²) in [5.74, 6) is -3.04. The number of aromatic nitrogens is 4. The quantitative estimate of drug-likeness (QED) is 0.235. The predicted molar refractivity (Wildman–Crippen MR) is 159 cm³/mol. The van der Waals surface area contributed by atoms with Crippen LogP contribution in [0.2, 0.25) is 0 Å². The average molecular weight is 590 g/mol. The van der Waals surface area contributed by atoms with E-state index in [4.69, 9.17) is 0 Å². The van der Waals surface area contributed by atoms with Crippen LogP contribution in [0.15, 0.2) is 35.5 Å². The summed E-state index contributed by atoms with van der Waals surface area (Å²) in [6.07, 6.45) is 5.38. The van der Waals surface area contributed by atoms with Crippen LogP contribution in [0, 0.1) is 17.6 Å². The van der Waals surface area contributed by atoms with Crippen LogP contribution in [0.1, 0.15) is 16.8 Å². The molecule has 0 bridgehead atoms. The highest BCUT2D eigenvalue weighted by atomic mass is 19.2. The summed E-state index contributed by atoms with van der Waals surface area (Å²) in [6.45, 7) is 2.71. The van der Waals surface area contributed by atoms with Crippen molar-refractivity contribution in [1.29, 1.82) is 0 Å². The number of H-pyrrole nitrogens is 1. The summed E-state index contributed by atoms with van der Waals surface area (Å²) in [4.78, 5) is 41.6. The number of nitrogens with zero attached hydrogens (tertiary/aromatic N) is 5.